The first-order valence-electron chi connectivity index (χ1n) is 3.82. The summed E-state index contributed by atoms with van der Waals surface area (Å²) in [5, 5.41) is 12.1. The Balaban J connectivity index is 2.22. The van der Waals surface area contributed by atoms with Gasteiger partial charge in [-0.2, -0.15) is 0 Å². The van der Waals surface area contributed by atoms with Crippen LogP contribution in [0.5, 0.6) is 0 Å². The number of aromatic nitrogens is 2. The van der Waals surface area contributed by atoms with E-state index in [2.05, 4.69) is 10.1 Å². The Hall–Kier alpha value is -2.11. The number of hydrogen-bond acceptors (Lipinski definition) is 5. The summed E-state index contributed by atoms with van der Waals surface area (Å²) in [4.78, 5) is 14.0. The van der Waals surface area contributed by atoms with Gasteiger partial charge < -0.3 is 14.0 Å². The molecule has 0 unspecified atom stereocenters. The summed E-state index contributed by atoms with van der Waals surface area (Å²) in [6.45, 7) is 0. The molecule has 0 fully saturated rings. The van der Waals surface area contributed by atoms with E-state index >= 15 is 0 Å². The van der Waals surface area contributed by atoms with E-state index < -0.39 is 5.97 Å². The zero-order chi connectivity index (χ0) is 9.97. The maximum Gasteiger partial charge on any atom is 0.309 e. The van der Waals surface area contributed by atoms with Gasteiger partial charge >= 0.3 is 5.97 Å². The maximum atomic E-state index is 10.3. The molecule has 6 heteroatoms. The quantitative estimate of drug-likeness (QED) is 0.782. The highest BCUT2D eigenvalue weighted by molar-refractivity contribution is 5.70. The lowest BCUT2D eigenvalue weighted by Gasteiger charge is -1.83. The standard InChI is InChI=1S/C8H6N2O4/c11-8(12)2-5-1-6(14-10-5)7-3-9-4-13-7/h1,3-4H,2H2,(H,11,12). The number of hydrogen-bond donors (Lipinski definition) is 1. The average molecular weight is 194 g/mol. The van der Waals surface area contributed by atoms with E-state index in [4.69, 9.17) is 14.0 Å². The van der Waals surface area contributed by atoms with Crippen LogP contribution >= 0.6 is 0 Å². The smallest absolute Gasteiger partial charge is 0.309 e. The van der Waals surface area contributed by atoms with Crippen molar-refractivity contribution < 1.29 is 18.8 Å². The molecule has 0 aliphatic heterocycles. The van der Waals surface area contributed by atoms with Crippen LogP contribution in [-0.2, 0) is 11.2 Å². The van der Waals surface area contributed by atoms with Crippen LogP contribution in [0.15, 0.2) is 27.6 Å². The molecular weight excluding hydrogens is 188 g/mol. The lowest BCUT2D eigenvalue weighted by molar-refractivity contribution is -0.136. The minimum Gasteiger partial charge on any atom is -0.481 e. The zero-order valence-corrected chi connectivity index (χ0v) is 7.01. The molecule has 2 aromatic heterocycles. The number of nitrogens with zero attached hydrogens (tertiary/aromatic N) is 2. The Labute approximate surface area is 78.2 Å². The van der Waals surface area contributed by atoms with Crippen LogP contribution in [-0.4, -0.2) is 21.2 Å². The molecule has 14 heavy (non-hydrogen) atoms. The summed E-state index contributed by atoms with van der Waals surface area (Å²) in [5.74, 6) is -0.157. The minimum absolute atomic E-state index is 0.169. The highest BCUT2D eigenvalue weighted by Crippen LogP contribution is 2.19. The first-order chi connectivity index (χ1) is 6.75. The lowest BCUT2D eigenvalue weighted by atomic mass is 10.3. The third kappa shape index (κ3) is 1.63. The molecule has 0 aliphatic rings. The van der Waals surface area contributed by atoms with Crippen LogP contribution in [0.4, 0.5) is 0 Å². The summed E-state index contributed by atoms with van der Waals surface area (Å²) in [6, 6.07) is 1.51. The normalized spacial score (nSPS) is 10.3. The Morgan fingerprint density at radius 3 is 3.00 bits per heavy atom. The van der Waals surface area contributed by atoms with Gasteiger partial charge in [-0.1, -0.05) is 5.16 Å². The Morgan fingerprint density at radius 1 is 1.50 bits per heavy atom. The van der Waals surface area contributed by atoms with Gasteiger partial charge in [0, 0.05) is 6.07 Å². The molecule has 0 atom stereocenters. The van der Waals surface area contributed by atoms with Crippen molar-refractivity contribution in [3.05, 3.63) is 24.4 Å². The number of carboxylic acid groups (broad SMARTS) is 1. The topological polar surface area (TPSA) is 89.4 Å². The first-order valence-corrected chi connectivity index (χ1v) is 3.82. The van der Waals surface area contributed by atoms with Crippen molar-refractivity contribution in [3.8, 4) is 11.5 Å². The van der Waals surface area contributed by atoms with Crippen LogP contribution in [0, 0.1) is 0 Å². The predicted molar refractivity (Wildman–Crippen MR) is 43.3 cm³/mol. The van der Waals surface area contributed by atoms with Crippen molar-refractivity contribution in [2.45, 2.75) is 6.42 Å². The molecule has 1 N–H and O–H groups in total. The van der Waals surface area contributed by atoms with Gasteiger partial charge in [0.15, 0.2) is 12.2 Å². The molecule has 0 amide bonds. The van der Waals surface area contributed by atoms with E-state index in [1.54, 1.807) is 0 Å². The van der Waals surface area contributed by atoms with Gasteiger partial charge in [0.25, 0.3) is 0 Å². The van der Waals surface area contributed by atoms with E-state index in [9.17, 15) is 4.79 Å². The number of carboxylic acids is 1. The van der Waals surface area contributed by atoms with Gasteiger partial charge in [-0.3, -0.25) is 4.79 Å². The first kappa shape index (κ1) is 8.49. The van der Waals surface area contributed by atoms with E-state index in [1.165, 1.54) is 18.7 Å². The molecule has 0 aromatic carbocycles. The fourth-order valence-electron chi connectivity index (χ4n) is 1.00. The molecule has 0 radical (unpaired) electrons. The largest absolute Gasteiger partial charge is 0.481 e. The molecule has 2 rings (SSSR count). The van der Waals surface area contributed by atoms with Crippen LogP contribution < -0.4 is 0 Å². The molecule has 2 aromatic rings. The van der Waals surface area contributed by atoms with Gasteiger partial charge in [-0.05, 0) is 0 Å². The summed E-state index contributed by atoms with van der Waals surface area (Å²) in [7, 11) is 0. The SMILES string of the molecule is O=C(O)Cc1cc(-c2cnco2)on1. The number of rotatable bonds is 3. The molecular formula is C8H6N2O4. The van der Waals surface area contributed by atoms with Crippen molar-refractivity contribution in [1.29, 1.82) is 0 Å². The second-order valence-corrected chi connectivity index (χ2v) is 2.62. The predicted octanol–water partition coefficient (Wildman–Crippen LogP) is 0.957. The summed E-state index contributed by atoms with van der Waals surface area (Å²) < 4.78 is 9.81. The monoisotopic (exact) mass is 194 g/mol. The average Bonchev–Trinajstić information content (AvgIpc) is 2.69. The van der Waals surface area contributed by atoms with E-state index in [0.717, 1.165) is 0 Å². The highest BCUT2D eigenvalue weighted by Gasteiger charge is 2.11. The third-order valence-electron chi connectivity index (χ3n) is 1.57. The Bertz CT molecular complexity index is 432. The van der Waals surface area contributed by atoms with Crippen molar-refractivity contribution in [1.82, 2.24) is 10.1 Å². The van der Waals surface area contributed by atoms with Crippen LogP contribution in [0.25, 0.3) is 11.5 Å². The van der Waals surface area contributed by atoms with Crippen LogP contribution in [0.1, 0.15) is 5.69 Å². The Morgan fingerprint density at radius 2 is 2.36 bits per heavy atom. The Kier molecular flexibility index (Phi) is 2.02. The maximum absolute atomic E-state index is 10.3. The van der Waals surface area contributed by atoms with Crippen molar-refractivity contribution >= 4 is 5.97 Å². The molecule has 0 aliphatic carbocycles. The van der Waals surface area contributed by atoms with Crippen molar-refractivity contribution in [2.75, 3.05) is 0 Å². The molecule has 0 spiro atoms. The molecule has 72 valence electrons. The fraction of sp³-hybridized carbons (Fsp3) is 0.125. The third-order valence-corrected chi connectivity index (χ3v) is 1.57. The van der Waals surface area contributed by atoms with Crippen LogP contribution in [0.3, 0.4) is 0 Å². The minimum atomic E-state index is -0.956. The molecule has 0 bridgehead atoms. The molecule has 0 saturated heterocycles. The van der Waals surface area contributed by atoms with E-state index in [0.29, 0.717) is 17.2 Å². The van der Waals surface area contributed by atoms with Gasteiger partial charge in [-0.25, -0.2) is 4.98 Å². The molecule has 0 saturated carbocycles. The van der Waals surface area contributed by atoms with E-state index in [-0.39, 0.29) is 6.42 Å². The number of aliphatic carboxylic acids is 1. The van der Waals surface area contributed by atoms with Gasteiger partial charge in [0.1, 0.15) is 0 Å². The fourth-order valence-corrected chi connectivity index (χ4v) is 1.00. The van der Waals surface area contributed by atoms with Gasteiger partial charge in [0.2, 0.25) is 5.76 Å². The number of oxazole rings is 1. The highest BCUT2D eigenvalue weighted by atomic mass is 16.5. The van der Waals surface area contributed by atoms with Crippen LogP contribution in [0.2, 0.25) is 0 Å². The van der Waals surface area contributed by atoms with E-state index in [1.807, 2.05) is 0 Å². The zero-order valence-electron chi connectivity index (χ0n) is 7.01. The van der Waals surface area contributed by atoms with Crippen molar-refractivity contribution in [3.63, 3.8) is 0 Å². The van der Waals surface area contributed by atoms with Crippen molar-refractivity contribution in [2.24, 2.45) is 0 Å². The second kappa shape index (κ2) is 3.33. The summed E-state index contributed by atoms with van der Waals surface area (Å²) in [5.41, 5.74) is 0.351. The summed E-state index contributed by atoms with van der Waals surface area (Å²) >= 11 is 0. The summed E-state index contributed by atoms with van der Waals surface area (Å²) in [6.07, 6.45) is 2.55. The molecule has 2 heterocycles. The second-order valence-electron chi connectivity index (χ2n) is 2.62. The lowest BCUT2D eigenvalue weighted by Crippen LogP contribution is -1.99. The molecule has 6 nitrogen and oxygen atoms in total. The number of carbonyl (C=O) groups is 1. The van der Waals surface area contributed by atoms with Gasteiger partial charge in [-0.15, -0.1) is 0 Å². The van der Waals surface area contributed by atoms with Gasteiger partial charge in [0.05, 0.1) is 18.3 Å².